The molecule has 0 amide bonds. The number of benzene rings is 1. The molecule has 1 heterocycles. The minimum Gasteiger partial charge on any atom is -0.302 e. The zero-order valence-corrected chi connectivity index (χ0v) is 12.8. The molecule has 1 aromatic heterocycles. The van der Waals surface area contributed by atoms with Crippen LogP contribution in [0.25, 0.3) is 0 Å². The molecule has 2 nitrogen and oxygen atoms in total. The summed E-state index contributed by atoms with van der Waals surface area (Å²) < 4.78 is 1.27. The first-order valence-corrected chi connectivity index (χ1v) is 7.17. The van der Waals surface area contributed by atoms with Gasteiger partial charge in [-0.05, 0) is 66.3 Å². The zero-order chi connectivity index (χ0) is 13.0. The normalized spacial score (nSPS) is 14.2. The Kier molecular flexibility index (Phi) is 4.72. The van der Waals surface area contributed by atoms with Gasteiger partial charge < -0.3 is 5.32 Å². The van der Waals surface area contributed by atoms with Gasteiger partial charge in [0.05, 0.1) is 5.69 Å². The van der Waals surface area contributed by atoms with Crippen LogP contribution >= 0.6 is 22.6 Å². The van der Waals surface area contributed by atoms with Crippen molar-refractivity contribution in [2.45, 2.75) is 25.9 Å². The second-order valence-corrected chi connectivity index (χ2v) is 5.66. The smallest absolute Gasteiger partial charge is 0.0570 e. The largest absolute Gasteiger partial charge is 0.302 e. The molecule has 2 rings (SSSR count). The van der Waals surface area contributed by atoms with Gasteiger partial charge in [0.2, 0.25) is 0 Å². The topological polar surface area (TPSA) is 24.9 Å². The number of pyridine rings is 1. The van der Waals surface area contributed by atoms with Crippen molar-refractivity contribution >= 4 is 22.6 Å². The molecule has 0 aliphatic carbocycles. The van der Waals surface area contributed by atoms with Crippen LogP contribution in [0, 0.1) is 3.57 Å². The monoisotopic (exact) mass is 352 g/mol. The van der Waals surface area contributed by atoms with Gasteiger partial charge in [0.25, 0.3) is 0 Å². The second kappa shape index (κ2) is 6.29. The van der Waals surface area contributed by atoms with Crippen LogP contribution in [0.4, 0.5) is 0 Å². The van der Waals surface area contributed by atoms with Gasteiger partial charge in [0.1, 0.15) is 0 Å². The highest BCUT2D eigenvalue weighted by atomic mass is 127. The van der Waals surface area contributed by atoms with E-state index in [0.717, 1.165) is 5.69 Å². The van der Waals surface area contributed by atoms with E-state index in [1.165, 1.54) is 9.13 Å². The summed E-state index contributed by atoms with van der Waals surface area (Å²) in [6.07, 6.45) is 1.84. The predicted molar refractivity (Wildman–Crippen MR) is 83.4 cm³/mol. The van der Waals surface area contributed by atoms with E-state index in [0.29, 0.717) is 6.04 Å². The summed E-state index contributed by atoms with van der Waals surface area (Å²) in [5.74, 6) is 0. The molecule has 0 aliphatic heterocycles. The predicted octanol–water partition coefficient (Wildman–Crippen LogP) is 4.10. The third kappa shape index (κ3) is 3.53. The van der Waals surface area contributed by atoms with E-state index in [9.17, 15) is 0 Å². The summed E-state index contributed by atoms with van der Waals surface area (Å²) in [4.78, 5) is 4.38. The molecule has 0 bridgehead atoms. The number of nitrogens with one attached hydrogen (secondary N) is 1. The van der Waals surface area contributed by atoms with Gasteiger partial charge in [0, 0.05) is 21.9 Å². The Balaban J connectivity index is 2.03. The number of nitrogens with zero attached hydrogens (tertiary/aromatic N) is 1. The number of aromatic nitrogens is 1. The molecule has 0 spiro atoms. The quantitative estimate of drug-likeness (QED) is 0.839. The lowest BCUT2D eigenvalue weighted by molar-refractivity contribution is 0.486. The molecule has 18 heavy (non-hydrogen) atoms. The molecule has 0 saturated heterocycles. The van der Waals surface area contributed by atoms with E-state index in [2.05, 4.69) is 77.1 Å². The summed E-state index contributed by atoms with van der Waals surface area (Å²) in [5.41, 5.74) is 2.38. The highest BCUT2D eigenvalue weighted by Crippen LogP contribution is 2.18. The van der Waals surface area contributed by atoms with Gasteiger partial charge >= 0.3 is 0 Å². The van der Waals surface area contributed by atoms with Gasteiger partial charge in [-0.1, -0.05) is 18.2 Å². The van der Waals surface area contributed by atoms with E-state index in [-0.39, 0.29) is 6.04 Å². The van der Waals surface area contributed by atoms with Crippen LogP contribution < -0.4 is 5.32 Å². The third-order valence-electron chi connectivity index (χ3n) is 3.00. The fourth-order valence-corrected chi connectivity index (χ4v) is 2.30. The van der Waals surface area contributed by atoms with Gasteiger partial charge in [0.15, 0.2) is 0 Å². The summed E-state index contributed by atoms with van der Waals surface area (Å²) in [5, 5.41) is 3.57. The van der Waals surface area contributed by atoms with Crippen LogP contribution in [0.15, 0.2) is 48.7 Å². The minimum absolute atomic E-state index is 0.250. The molecular weight excluding hydrogens is 335 g/mol. The Morgan fingerprint density at radius 1 is 1.00 bits per heavy atom. The fourth-order valence-electron chi connectivity index (χ4n) is 1.94. The molecule has 1 N–H and O–H groups in total. The first kappa shape index (κ1) is 13.5. The summed E-state index contributed by atoms with van der Waals surface area (Å²) >= 11 is 2.32. The summed E-state index contributed by atoms with van der Waals surface area (Å²) in [6, 6.07) is 15.2. The van der Waals surface area contributed by atoms with E-state index < -0.39 is 0 Å². The maximum absolute atomic E-state index is 4.38. The molecule has 94 valence electrons. The highest BCUT2D eigenvalue weighted by molar-refractivity contribution is 14.1. The maximum atomic E-state index is 4.38. The van der Waals surface area contributed by atoms with Crippen molar-refractivity contribution in [3.05, 3.63) is 63.5 Å². The maximum Gasteiger partial charge on any atom is 0.0570 e. The van der Waals surface area contributed by atoms with Crippen molar-refractivity contribution in [1.29, 1.82) is 0 Å². The Hall–Kier alpha value is -0.940. The lowest BCUT2D eigenvalue weighted by atomic mass is 10.1. The Labute approximate surface area is 122 Å². The molecule has 3 heteroatoms. The zero-order valence-electron chi connectivity index (χ0n) is 10.6. The fraction of sp³-hybridized carbons (Fsp3) is 0.267. The van der Waals surface area contributed by atoms with Crippen molar-refractivity contribution in [3.8, 4) is 0 Å². The van der Waals surface area contributed by atoms with Crippen LogP contribution in [0.2, 0.25) is 0 Å². The molecular formula is C15H17IN2. The third-order valence-corrected chi connectivity index (χ3v) is 3.72. The standard InChI is InChI=1S/C15H17IN2/c1-11(13-6-8-14(16)9-7-13)18-12(2)15-5-3-4-10-17-15/h3-12,18H,1-2H3/t11?,12-/m0/s1. The Morgan fingerprint density at radius 2 is 1.72 bits per heavy atom. The van der Waals surface area contributed by atoms with Crippen molar-refractivity contribution in [2.75, 3.05) is 0 Å². The number of rotatable bonds is 4. The van der Waals surface area contributed by atoms with Crippen LogP contribution in [-0.4, -0.2) is 4.98 Å². The van der Waals surface area contributed by atoms with Crippen LogP contribution in [0.3, 0.4) is 0 Å². The summed E-state index contributed by atoms with van der Waals surface area (Å²) in [7, 11) is 0. The molecule has 2 aromatic rings. The van der Waals surface area contributed by atoms with Gasteiger partial charge in [-0.25, -0.2) is 0 Å². The molecule has 0 radical (unpaired) electrons. The number of hydrogen-bond donors (Lipinski definition) is 1. The summed E-state index contributed by atoms with van der Waals surface area (Å²) in [6.45, 7) is 4.33. The van der Waals surface area contributed by atoms with E-state index in [1.807, 2.05) is 18.3 Å². The average molecular weight is 352 g/mol. The van der Waals surface area contributed by atoms with Crippen molar-refractivity contribution < 1.29 is 0 Å². The lowest BCUT2D eigenvalue weighted by Gasteiger charge is -2.20. The Bertz CT molecular complexity index is 482. The lowest BCUT2D eigenvalue weighted by Crippen LogP contribution is -2.23. The van der Waals surface area contributed by atoms with E-state index in [1.54, 1.807) is 0 Å². The van der Waals surface area contributed by atoms with E-state index >= 15 is 0 Å². The Morgan fingerprint density at radius 3 is 2.33 bits per heavy atom. The van der Waals surface area contributed by atoms with Crippen LogP contribution in [0.5, 0.6) is 0 Å². The van der Waals surface area contributed by atoms with Gasteiger partial charge in [-0.2, -0.15) is 0 Å². The van der Waals surface area contributed by atoms with Crippen molar-refractivity contribution in [2.24, 2.45) is 0 Å². The molecule has 0 aliphatic rings. The number of halogens is 1. The highest BCUT2D eigenvalue weighted by Gasteiger charge is 2.11. The molecule has 2 atom stereocenters. The number of hydrogen-bond acceptors (Lipinski definition) is 2. The minimum atomic E-state index is 0.250. The average Bonchev–Trinajstić information content (AvgIpc) is 2.40. The van der Waals surface area contributed by atoms with Crippen LogP contribution in [-0.2, 0) is 0 Å². The molecule has 1 aromatic carbocycles. The molecule has 1 unspecified atom stereocenters. The SMILES string of the molecule is CC(N[C@@H](C)c1ccccn1)c1ccc(I)cc1. The molecule has 0 fully saturated rings. The van der Waals surface area contributed by atoms with Gasteiger partial charge in [-0.15, -0.1) is 0 Å². The van der Waals surface area contributed by atoms with Crippen LogP contribution in [0.1, 0.15) is 37.2 Å². The first-order chi connectivity index (χ1) is 8.66. The van der Waals surface area contributed by atoms with E-state index in [4.69, 9.17) is 0 Å². The second-order valence-electron chi connectivity index (χ2n) is 4.42. The molecule has 0 saturated carbocycles. The van der Waals surface area contributed by atoms with Crippen molar-refractivity contribution in [3.63, 3.8) is 0 Å². The van der Waals surface area contributed by atoms with Gasteiger partial charge in [-0.3, -0.25) is 4.98 Å². The first-order valence-electron chi connectivity index (χ1n) is 6.09. The van der Waals surface area contributed by atoms with Crippen molar-refractivity contribution in [1.82, 2.24) is 10.3 Å².